The zero-order valence-corrected chi connectivity index (χ0v) is 16.8. The number of alkyl halides is 2. The second kappa shape index (κ2) is 10.2. The number of piperidine rings is 1. The molecule has 0 aromatic carbocycles. The van der Waals surface area contributed by atoms with Crippen LogP contribution in [0.1, 0.15) is 29.9 Å². The molecule has 2 rings (SSSR count). The van der Waals surface area contributed by atoms with Gasteiger partial charge in [-0.3, -0.25) is 9.89 Å². The van der Waals surface area contributed by atoms with E-state index in [1.54, 1.807) is 7.05 Å². The molecule has 0 radical (unpaired) electrons. The summed E-state index contributed by atoms with van der Waals surface area (Å²) >= 11 is 0. The van der Waals surface area contributed by atoms with Crippen molar-refractivity contribution in [2.45, 2.75) is 45.7 Å². The minimum atomic E-state index is -2.25. The number of guanidine groups is 1. The highest BCUT2D eigenvalue weighted by Crippen LogP contribution is 2.14. The number of aryl methyl sites for hydroxylation is 2. The molecule has 0 unspecified atom stereocenters. The first kappa shape index (κ1) is 21.1. The maximum atomic E-state index is 12.4. The predicted molar refractivity (Wildman–Crippen MR) is 102 cm³/mol. The summed E-state index contributed by atoms with van der Waals surface area (Å²) in [6.45, 7) is 5.78. The molecule has 0 spiro atoms. The monoisotopic (exact) mass is 456 g/mol. The van der Waals surface area contributed by atoms with Gasteiger partial charge in [-0.05, 0) is 32.8 Å². The van der Waals surface area contributed by atoms with Gasteiger partial charge in [-0.2, -0.15) is 0 Å². The summed E-state index contributed by atoms with van der Waals surface area (Å²) in [6.07, 6.45) is -0.565. The van der Waals surface area contributed by atoms with Gasteiger partial charge in [0.05, 0.1) is 6.54 Å². The molecule has 0 atom stereocenters. The van der Waals surface area contributed by atoms with Crippen molar-refractivity contribution in [2.75, 3.05) is 26.7 Å². The molecule has 0 saturated carbocycles. The van der Waals surface area contributed by atoms with Crippen LogP contribution in [0.3, 0.4) is 0 Å². The SMILES string of the molecule is CN=C(NCc1cc(C)oc1C)NC1CCN(CC(F)F)CC1.I. The van der Waals surface area contributed by atoms with Crippen LogP contribution < -0.4 is 10.6 Å². The third-order valence-corrected chi connectivity index (χ3v) is 4.14. The van der Waals surface area contributed by atoms with Crippen molar-refractivity contribution in [3.8, 4) is 0 Å². The summed E-state index contributed by atoms with van der Waals surface area (Å²) in [4.78, 5) is 6.05. The molecule has 24 heavy (non-hydrogen) atoms. The second-order valence-corrected chi connectivity index (χ2v) is 5.97. The Bertz CT molecular complexity index is 528. The van der Waals surface area contributed by atoms with Gasteiger partial charge in [0.25, 0.3) is 6.43 Å². The van der Waals surface area contributed by atoms with Crippen LogP contribution in [0.4, 0.5) is 8.78 Å². The van der Waals surface area contributed by atoms with Crippen LogP contribution in [0.15, 0.2) is 15.5 Å². The number of hydrogen-bond donors (Lipinski definition) is 2. The lowest BCUT2D eigenvalue weighted by Gasteiger charge is -2.32. The Morgan fingerprint density at radius 3 is 2.54 bits per heavy atom. The van der Waals surface area contributed by atoms with Crippen molar-refractivity contribution in [1.29, 1.82) is 0 Å². The maximum absolute atomic E-state index is 12.4. The van der Waals surface area contributed by atoms with Crippen molar-refractivity contribution in [3.63, 3.8) is 0 Å². The van der Waals surface area contributed by atoms with Gasteiger partial charge in [-0.1, -0.05) is 0 Å². The topological polar surface area (TPSA) is 52.8 Å². The van der Waals surface area contributed by atoms with Gasteiger partial charge in [0, 0.05) is 38.3 Å². The molecule has 2 N–H and O–H groups in total. The molecular weight excluding hydrogens is 429 g/mol. The lowest BCUT2D eigenvalue weighted by atomic mass is 10.1. The molecule has 1 aliphatic heterocycles. The van der Waals surface area contributed by atoms with E-state index in [0.717, 1.165) is 35.9 Å². The quantitative estimate of drug-likeness (QED) is 0.407. The maximum Gasteiger partial charge on any atom is 0.251 e. The fourth-order valence-corrected chi connectivity index (χ4v) is 2.88. The number of nitrogens with zero attached hydrogens (tertiary/aromatic N) is 2. The zero-order valence-electron chi connectivity index (χ0n) is 14.4. The average Bonchev–Trinajstić information content (AvgIpc) is 2.82. The van der Waals surface area contributed by atoms with Gasteiger partial charge >= 0.3 is 0 Å². The van der Waals surface area contributed by atoms with E-state index < -0.39 is 6.43 Å². The van der Waals surface area contributed by atoms with E-state index in [1.165, 1.54) is 0 Å². The summed E-state index contributed by atoms with van der Waals surface area (Å²) in [5, 5.41) is 6.65. The highest BCUT2D eigenvalue weighted by molar-refractivity contribution is 14.0. The Hall–Kier alpha value is -0.900. The van der Waals surface area contributed by atoms with E-state index in [9.17, 15) is 8.78 Å². The number of nitrogens with one attached hydrogen (secondary N) is 2. The number of aliphatic imine (C=N–C) groups is 1. The van der Waals surface area contributed by atoms with Crippen LogP contribution in [0, 0.1) is 13.8 Å². The first-order valence-electron chi connectivity index (χ1n) is 8.01. The van der Waals surface area contributed by atoms with Crippen LogP contribution >= 0.6 is 24.0 Å². The number of hydrogen-bond acceptors (Lipinski definition) is 3. The molecule has 0 bridgehead atoms. The van der Waals surface area contributed by atoms with Gasteiger partial charge in [-0.25, -0.2) is 8.78 Å². The first-order valence-corrected chi connectivity index (χ1v) is 8.01. The molecule has 1 aromatic heterocycles. The minimum absolute atomic E-state index is 0. The lowest BCUT2D eigenvalue weighted by Crippen LogP contribution is -2.49. The van der Waals surface area contributed by atoms with Crippen molar-refractivity contribution >= 4 is 29.9 Å². The zero-order chi connectivity index (χ0) is 16.8. The van der Waals surface area contributed by atoms with Gasteiger partial charge in [0.2, 0.25) is 0 Å². The van der Waals surface area contributed by atoms with Crippen molar-refractivity contribution in [2.24, 2.45) is 4.99 Å². The van der Waals surface area contributed by atoms with E-state index in [4.69, 9.17) is 4.42 Å². The Morgan fingerprint density at radius 1 is 1.38 bits per heavy atom. The van der Waals surface area contributed by atoms with Crippen LogP contribution in [0.25, 0.3) is 0 Å². The molecule has 1 fully saturated rings. The Kier molecular flexibility index (Phi) is 8.96. The molecule has 0 aliphatic carbocycles. The Balaban J connectivity index is 0.00000288. The van der Waals surface area contributed by atoms with Gasteiger partial charge in [0.15, 0.2) is 5.96 Å². The van der Waals surface area contributed by atoms with E-state index in [2.05, 4.69) is 15.6 Å². The normalized spacial score (nSPS) is 17.0. The first-order chi connectivity index (χ1) is 11.0. The van der Waals surface area contributed by atoms with Crippen LogP contribution in [-0.2, 0) is 6.54 Å². The fourth-order valence-electron chi connectivity index (χ4n) is 2.88. The third kappa shape index (κ3) is 6.54. The average molecular weight is 456 g/mol. The van der Waals surface area contributed by atoms with E-state index in [-0.39, 0.29) is 36.6 Å². The molecule has 2 heterocycles. The van der Waals surface area contributed by atoms with E-state index in [1.807, 2.05) is 24.8 Å². The molecule has 138 valence electrons. The van der Waals surface area contributed by atoms with Crippen LogP contribution in [0.2, 0.25) is 0 Å². The van der Waals surface area contributed by atoms with Gasteiger partial charge in [-0.15, -0.1) is 24.0 Å². The summed E-state index contributed by atoms with van der Waals surface area (Å²) < 4.78 is 30.3. The molecule has 5 nitrogen and oxygen atoms in total. The lowest BCUT2D eigenvalue weighted by molar-refractivity contribution is 0.0744. The summed E-state index contributed by atoms with van der Waals surface area (Å²) in [5.74, 6) is 2.54. The van der Waals surface area contributed by atoms with Crippen LogP contribution in [0.5, 0.6) is 0 Å². The largest absolute Gasteiger partial charge is 0.466 e. The van der Waals surface area contributed by atoms with E-state index >= 15 is 0 Å². The molecular formula is C16H27F2IN4O. The number of likely N-dealkylation sites (tertiary alicyclic amines) is 1. The standard InChI is InChI=1S/C16H26F2N4O.HI/c1-11-8-13(12(2)23-11)9-20-16(19-3)21-14-4-6-22(7-5-14)10-15(17)18;/h8,14-15H,4-7,9-10H2,1-3H3,(H2,19,20,21);1H. The molecule has 1 saturated heterocycles. The van der Waals surface area contributed by atoms with Crippen molar-refractivity contribution < 1.29 is 13.2 Å². The Labute approximate surface area is 159 Å². The number of furan rings is 1. The van der Waals surface area contributed by atoms with Gasteiger partial charge < -0.3 is 15.1 Å². The van der Waals surface area contributed by atoms with Crippen molar-refractivity contribution in [3.05, 3.63) is 23.2 Å². The highest BCUT2D eigenvalue weighted by atomic mass is 127. The second-order valence-electron chi connectivity index (χ2n) is 5.97. The molecule has 0 amide bonds. The van der Waals surface area contributed by atoms with E-state index in [0.29, 0.717) is 19.6 Å². The fraction of sp³-hybridized carbons (Fsp3) is 0.688. The predicted octanol–water partition coefficient (Wildman–Crippen LogP) is 2.91. The Morgan fingerprint density at radius 2 is 2.04 bits per heavy atom. The highest BCUT2D eigenvalue weighted by Gasteiger charge is 2.22. The van der Waals surface area contributed by atoms with Gasteiger partial charge in [0.1, 0.15) is 11.5 Å². The third-order valence-electron chi connectivity index (χ3n) is 4.14. The summed E-state index contributed by atoms with van der Waals surface area (Å²) in [6, 6.07) is 2.28. The minimum Gasteiger partial charge on any atom is -0.466 e. The smallest absolute Gasteiger partial charge is 0.251 e. The molecule has 1 aromatic rings. The summed E-state index contributed by atoms with van der Waals surface area (Å²) in [7, 11) is 1.73. The summed E-state index contributed by atoms with van der Waals surface area (Å²) in [5.41, 5.74) is 1.11. The molecule has 1 aliphatic rings. The van der Waals surface area contributed by atoms with Crippen molar-refractivity contribution in [1.82, 2.24) is 15.5 Å². The number of rotatable bonds is 5. The number of halogens is 3. The van der Waals surface area contributed by atoms with Crippen LogP contribution in [-0.4, -0.2) is 50.0 Å². The molecule has 8 heteroatoms.